The Labute approximate surface area is 175 Å². The largest absolute Gasteiger partial charge is 0.283 e. The summed E-state index contributed by atoms with van der Waals surface area (Å²) in [6, 6.07) is 17.7. The van der Waals surface area contributed by atoms with Crippen molar-refractivity contribution in [3.63, 3.8) is 0 Å². The van der Waals surface area contributed by atoms with Gasteiger partial charge in [-0.15, -0.1) is 0 Å². The molecule has 2 aromatic carbocycles. The third-order valence-corrected chi connectivity index (χ3v) is 6.73. The van der Waals surface area contributed by atoms with E-state index in [1.165, 1.54) is 18.2 Å². The summed E-state index contributed by atoms with van der Waals surface area (Å²) in [5.74, 6) is 0.511. The Morgan fingerprint density at radius 3 is 2.54 bits per heavy atom. The summed E-state index contributed by atoms with van der Waals surface area (Å²) in [4.78, 5) is 20.8. The highest BCUT2D eigenvalue weighted by Crippen LogP contribution is 2.40. The van der Waals surface area contributed by atoms with E-state index in [0.717, 1.165) is 35.7 Å². The number of hydrogen-bond donors (Lipinski definition) is 0. The molecule has 28 heavy (non-hydrogen) atoms. The summed E-state index contributed by atoms with van der Waals surface area (Å²) in [7, 11) is 0. The maximum Gasteiger partial charge on any atom is 0.267 e. The van der Waals surface area contributed by atoms with Gasteiger partial charge in [0.05, 0.1) is 10.6 Å². The van der Waals surface area contributed by atoms with Crippen molar-refractivity contribution in [1.29, 1.82) is 0 Å². The van der Waals surface area contributed by atoms with Gasteiger partial charge in [-0.1, -0.05) is 67.8 Å². The molecule has 1 saturated carbocycles. The number of nitrogens with zero attached hydrogens (tertiary/aromatic N) is 2. The second kappa shape index (κ2) is 8.54. The van der Waals surface area contributed by atoms with Crippen LogP contribution in [0.25, 0.3) is 6.08 Å². The molecule has 3 nitrogen and oxygen atoms in total. The van der Waals surface area contributed by atoms with Crippen molar-refractivity contribution in [2.45, 2.75) is 38.6 Å². The molecule has 5 heteroatoms. The zero-order valence-corrected chi connectivity index (χ0v) is 17.4. The van der Waals surface area contributed by atoms with Gasteiger partial charge < -0.3 is 0 Å². The molecule has 2 fully saturated rings. The lowest BCUT2D eigenvalue weighted by Gasteiger charge is -2.35. The number of amidine groups is 1. The Morgan fingerprint density at radius 2 is 1.79 bits per heavy atom. The van der Waals surface area contributed by atoms with Crippen LogP contribution in [0.15, 0.2) is 64.5 Å². The number of aliphatic imine (C=N–C) groups is 1. The molecule has 0 unspecified atom stereocenters. The van der Waals surface area contributed by atoms with Crippen LogP contribution in [0.4, 0.5) is 5.69 Å². The van der Waals surface area contributed by atoms with Gasteiger partial charge in [0.1, 0.15) is 0 Å². The number of rotatable bonds is 3. The molecular formula is C23H23ClN2OS. The standard InChI is InChI=1S/C23H23ClN2OS/c1-16-9-5-8-14-20(16)26-22(27)21(15-17-10-6-7-13-19(17)24)28-23(26)25-18-11-3-2-4-12-18/h2-4,6-7,10-13,15-16,20H,5,8-9,14H2,1H3/b21-15-,25-23?/t16-,20-/m0/s1. The van der Waals surface area contributed by atoms with E-state index in [2.05, 4.69) is 6.92 Å². The molecule has 0 aromatic heterocycles. The van der Waals surface area contributed by atoms with Gasteiger partial charge in [0.25, 0.3) is 5.91 Å². The number of hydrogen-bond acceptors (Lipinski definition) is 3. The molecule has 0 bridgehead atoms. The Bertz CT molecular complexity index is 925. The van der Waals surface area contributed by atoms with Crippen molar-refractivity contribution < 1.29 is 4.79 Å². The van der Waals surface area contributed by atoms with Gasteiger partial charge in [0.15, 0.2) is 5.17 Å². The van der Waals surface area contributed by atoms with Gasteiger partial charge in [-0.3, -0.25) is 9.69 Å². The fraction of sp³-hybridized carbons (Fsp3) is 0.304. The van der Waals surface area contributed by atoms with Gasteiger partial charge in [0.2, 0.25) is 0 Å². The van der Waals surface area contributed by atoms with E-state index >= 15 is 0 Å². The van der Waals surface area contributed by atoms with E-state index in [-0.39, 0.29) is 11.9 Å². The minimum absolute atomic E-state index is 0.0401. The van der Waals surface area contributed by atoms with Gasteiger partial charge in [-0.25, -0.2) is 4.99 Å². The second-order valence-corrected chi connectivity index (χ2v) is 8.78. The number of carbonyl (C=O) groups excluding carboxylic acids is 1. The van der Waals surface area contributed by atoms with Crippen molar-refractivity contribution in [2.75, 3.05) is 0 Å². The topological polar surface area (TPSA) is 32.7 Å². The highest BCUT2D eigenvalue weighted by atomic mass is 35.5. The van der Waals surface area contributed by atoms with Crippen LogP contribution in [-0.4, -0.2) is 22.0 Å². The van der Waals surface area contributed by atoms with Crippen molar-refractivity contribution in [2.24, 2.45) is 10.9 Å². The maximum atomic E-state index is 13.4. The van der Waals surface area contributed by atoms with E-state index in [1.807, 2.05) is 65.6 Å². The zero-order valence-electron chi connectivity index (χ0n) is 15.8. The number of para-hydroxylation sites is 1. The molecule has 1 saturated heterocycles. The van der Waals surface area contributed by atoms with Gasteiger partial charge >= 0.3 is 0 Å². The summed E-state index contributed by atoms with van der Waals surface area (Å²) < 4.78 is 0. The number of halogens is 1. The van der Waals surface area contributed by atoms with Gasteiger partial charge in [-0.05, 0) is 60.4 Å². The van der Waals surface area contributed by atoms with Crippen LogP contribution in [-0.2, 0) is 4.79 Å². The van der Waals surface area contributed by atoms with Gasteiger partial charge in [-0.2, -0.15) is 0 Å². The minimum Gasteiger partial charge on any atom is -0.283 e. The maximum absolute atomic E-state index is 13.4. The van der Waals surface area contributed by atoms with Crippen molar-refractivity contribution in [3.8, 4) is 0 Å². The molecule has 144 valence electrons. The molecule has 0 spiro atoms. The lowest BCUT2D eigenvalue weighted by molar-refractivity contribution is -0.124. The Morgan fingerprint density at radius 1 is 1.07 bits per heavy atom. The van der Waals surface area contributed by atoms with E-state index in [1.54, 1.807) is 0 Å². The molecule has 2 aliphatic rings. The quantitative estimate of drug-likeness (QED) is 0.539. The fourth-order valence-corrected chi connectivity index (χ4v) is 5.11. The van der Waals surface area contributed by atoms with Crippen LogP contribution in [0, 0.1) is 5.92 Å². The summed E-state index contributed by atoms with van der Waals surface area (Å²) in [6.45, 7) is 2.25. The predicted molar refractivity (Wildman–Crippen MR) is 119 cm³/mol. The minimum atomic E-state index is 0.0401. The van der Waals surface area contributed by atoms with Crippen LogP contribution < -0.4 is 0 Å². The fourth-order valence-electron chi connectivity index (χ4n) is 3.88. The molecule has 1 heterocycles. The Kier molecular flexibility index (Phi) is 5.88. The lowest BCUT2D eigenvalue weighted by atomic mass is 9.85. The monoisotopic (exact) mass is 410 g/mol. The third-order valence-electron chi connectivity index (χ3n) is 5.41. The van der Waals surface area contributed by atoms with Crippen molar-refractivity contribution in [3.05, 3.63) is 70.1 Å². The first-order chi connectivity index (χ1) is 13.6. The SMILES string of the molecule is C[C@H]1CCCC[C@@H]1N1C(=O)/C(=C/c2ccccc2Cl)SC1=Nc1ccccc1. The molecule has 2 aromatic rings. The molecule has 2 atom stereocenters. The summed E-state index contributed by atoms with van der Waals surface area (Å²) in [5.41, 5.74) is 1.72. The van der Waals surface area contributed by atoms with Crippen LogP contribution in [0.2, 0.25) is 5.02 Å². The van der Waals surface area contributed by atoms with Crippen LogP contribution in [0.5, 0.6) is 0 Å². The van der Waals surface area contributed by atoms with E-state index in [9.17, 15) is 4.79 Å². The smallest absolute Gasteiger partial charge is 0.267 e. The summed E-state index contributed by atoms with van der Waals surface area (Å²) in [5, 5.41) is 1.42. The van der Waals surface area contributed by atoms with Crippen molar-refractivity contribution >= 4 is 46.2 Å². The van der Waals surface area contributed by atoms with Crippen molar-refractivity contribution in [1.82, 2.24) is 4.90 Å². The summed E-state index contributed by atoms with van der Waals surface area (Å²) in [6.07, 6.45) is 6.47. The normalized spacial score (nSPS) is 25.6. The number of benzene rings is 2. The van der Waals surface area contributed by atoms with Crippen LogP contribution in [0.1, 0.15) is 38.2 Å². The molecule has 0 radical (unpaired) electrons. The molecule has 1 aliphatic carbocycles. The highest BCUT2D eigenvalue weighted by Gasteiger charge is 2.41. The van der Waals surface area contributed by atoms with E-state index < -0.39 is 0 Å². The number of thioether (sulfide) groups is 1. The van der Waals surface area contributed by atoms with Crippen LogP contribution in [0.3, 0.4) is 0 Å². The average Bonchev–Trinajstić information content (AvgIpc) is 3.00. The lowest BCUT2D eigenvalue weighted by Crippen LogP contribution is -2.44. The average molecular weight is 411 g/mol. The first kappa shape index (κ1) is 19.3. The molecular weight excluding hydrogens is 388 g/mol. The number of carbonyl (C=O) groups is 1. The van der Waals surface area contributed by atoms with E-state index in [4.69, 9.17) is 16.6 Å². The third kappa shape index (κ3) is 4.03. The molecule has 1 amide bonds. The first-order valence-electron chi connectivity index (χ1n) is 9.75. The highest BCUT2D eigenvalue weighted by molar-refractivity contribution is 8.18. The van der Waals surface area contributed by atoms with Gasteiger partial charge in [0, 0.05) is 11.1 Å². The molecule has 1 aliphatic heterocycles. The zero-order chi connectivity index (χ0) is 19.5. The number of amides is 1. The Balaban J connectivity index is 1.73. The first-order valence-corrected chi connectivity index (χ1v) is 10.9. The Hall–Kier alpha value is -2.04. The second-order valence-electron chi connectivity index (χ2n) is 7.37. The van der Waals surface area contributed by atoms with E-state index in [0.29, 0.717) is 15.8 Å². The molecule has 4 rings (SSSR count). The summed E-state index contributed by atoms with van der Waals surface area (Å²) >= 11 is 7.77. The predicted octanol–water partition coefficient (Wildman–Crippen LogP) is 6.52. The van der Waals surface area contributed by atoms with Crippen LogP contribution >= 0.6 is 23.4 Å². The molecule has 0 N–H and O–H groups in total.